The van der Waals surface area contributed by atoms with Crippen LogP contribution in [0.4, 0.5) is 21.8 Å². The number of halogens is 1. The molecule has 0 radical (unpaired) electrons. The van der Waals surface area contributed by atoms with Crippen LogP contribution in [0, 0.1) is 5.82 Å². The van der Waals surface area contributed by atoms with Gasteiger partial charge in [-0.25, -0.2) is 9.37 Å². The van der Waals surface area contributed by atoms with Crippen molar-refractivity contribution in [2.45, 2.75) is 18.9 Å². The Balaban J connectivity index is 1.71. The summed E-state index contributed by atoms with van der Waals surface area (Å²) in [6.45, 7) is 0. The largest absolute Gasteiger partial charge is 0.351 e. The van der Waals surface area contributed by atoms with E-state index in [1.807, 2.05) is 12.1 Å². The first-order valence-electron chi connectivity index (χ1n) is 7.85. The molecule has 24 heavy (non-hydrogen) atoms. The van der Waals surface area contributed by atoms with Gasteiger partial charge in [0.05, 0.1) is 11.4 Å². The SMILES string of the molecule is Fc1ccccc1Nc1cc(-c2ccncc2)nc(NC2CC2)n1. The van der Waals surface area contributed by atoms with Gasteiger partial charge < -0.3 is 10.6 Å². The Morgan fingerprint density at radius 2 is 1.79 bits per heavy atom. The van der Waals surface area contributed by atoms with Crippen LogP contribution >= 0.6 is 0 Å². The Morgan fingerprint density at radius 1 is 1.00 bits per heavy atom. The molecule has 0 saturated heterocycles. The van der Waals surface area contributed by atoms with E-state index in [9.17, 15) is 4.39 Å². The van der Waals surface area contributed by atoms with Crippen LogP contribution in [0.25, 0.3) is 11.3 Å². The fourth-order valence-corrected chi connectivity index (χ4v) is 2.36. The van der Waals surface area contributed by atoms with Crippen LogP contribution in [0.3, 0.4) is 0 Å². The lowest BCUT2D eigenvalue weighted by atomic mass is 10.2. The number of hydrogen-bond donors (Lipinski definition) is 2. The summed E-state index contributed by atoms with van der Waals surface area (Å²) in [6.07, 6.45) is 5.68. The second-order valence-electron chi connectivity index (χ2n) is 5.72. The highest BCUT2D eigenvalue weighted by atomic mass is 19.1. The van der Waals surface area contributed by atoms with Crippen molar-refractivity contribution in [2.75, 3.05) is 10.6 Å². The first-order valence-corrected chi connectivity index (χ1v) is 7.85. The lowest BCUT2D eigenvalue weighted by Crippen LogP contribution is -2.08. The summed E-state index contributed by atoms with van der Waals surface area (Å²) in [5.41, 5.74) is 2.08. The van der Waals surface area contributed by atoms with E-state index in [4.69, 9.17) is 0 Å². The van der Waals surface area contributed by atoms with Gasteiger partial charge >= 0.3 is 0 Å². The number of nitrogens with zero attached hydrogens (tertiary/aromatic N) is 3. The van der Waals surface area contributed by atoms with Crippen LogP contribution in [-0.4, -0.2) is 21.0 Å². The van der Waals surface area contributed by atoms with E-state index in [1.54, 1.807) is 36.7 Å². The first-order chi connectivity index (χ1) is 11.8. The van der Waals surface area contributed by atoms with Crippen LogP contribution in [-0.2, 0) is 0 Å². The summed E-state index contributed by atoms with van der Waals surface area (Å²) in [4.78, 5) is 13.1. The van der Waals surface area contributed by atoms with Gasteiger partial charge in [-0.2, -0.15) is 4.98 Å². The van der Waals surface area contributed by atoms with E-state index in [2.05, 4.69) is 25.6 Å². The van der Waals surface area contributed by atoms with Crippen molar-refractivity contribution in [3.63, 3.8) is 0 Å². The van der Waals surface area contributed by atoms with Gasteiger partial charge in [0, 0.05) is 30.1 Å². The van der Waals surface area contributed by atoms with Crippen LogP contribution in [0.1, 0.15) is 12.8 Å². The van der Waals surface area contributed by atoms with Gasteiger partial charge in [-0.05, 0) is 37.1 Å². The van der Waals surface area contributed by atoms with Gasteiger partial charge in [-0.1, -0.05) is 12.1 Å². The molecule has 0 atom stereocenters. The average molecular weight is 321 g/mol. The molecule has 1 aliphatic carbocycles. The molecule has 2 N–H and O–H groups in total. The fraction of sp³-hybridized carbons (Fsp3) is 0.167. The second-order valence-corrected chi connectivity index (χ2v) is 5.72. The lowest BCUT2D eigenvalue weighted by molar-refractivity contribution is 0.632. The minimum absolute atomic E-state index is 0.321. The van der Waals surface area contributed by atoms with Crippen LogP contribution < -0.4 is 10.6 Å². The van der Waals surface area contributed by atoms with E-state index in [0.717, 1.165) is 24.1 Å². The number of benzene rings is 1. The summed E-state index contributed by atoms with van der Waals surface area (Å²) < 4.78 is 13.9. The molecule has 4 rings (SSSR count). The Kier molecular flexibility index (Phi) is 3.78. The van der Waals surface area contributed by atoms with Crippen molar-refractivity contribution in [3.8, 4) is 11.3 Å². The molecule has 0 aliphatic heterocycles. The van der Waals surface area contributed by atoms with Gasteiger partial charge in [0.1, 0.15) is 11.6 Å². The topological polar surface area (TPSA) is 62.7 Å². The summed E-state index contributed by atoms with van der Waals surface area (Å²) in [5.74, 6) is 0.772. The Morgan fingerprint density at radius 3 is 2.54 bits per heavy atom. The summed E-state index contributed by atoms with van der Waals surface area (Å²) >= 11 is 0. The average Bonchev–Trinajstić information content (AvgIpc) is 3.42. The molecule has 0 unspecified atom stereocenters. The summed E-state index contributed by atoms with van der Waals surface area (Å²) in [6, 6.07) is 12.5. The zero-order chi connectivity index (χ0) is 16.4. The Labute approximate surface area is 139 Å². The molecule has 1 fully saturated rings. The molecule has 5 nitrogen and oxygen atoms in total. The van der Waals surface area contributed by atoms with Crippen LogP contribution in [0.15, 0.2) is 54.9 Å². The van der Waals surface area contributed by atoms with Gasteiger partial charge in [0.2, 0.25) is 5.95 Å². The molecule has 1 aromatic carbocycles. The second kappa shape index (κ2) is 6.23. The fourth-order valence-electron chi connectivity index (χ4n) is 2.36. The molecule has 0 spiro atoms. The molecule has 1 saturated carbocycles. The van der Waals surface area contributed by atoms with E-state index in [-0.39, 0.29) is 5.82 Å². The van der Waals surface area contributed by atoms with Crippen molar-refractivity contribution in [1.82, 2.24) is 15.0 Å². The Bertz CT molecular complexity index is 849. The lowest BCUT2D eigenvalue weighted by Gasteiger charge is -2.11. The zero-order valence-corrected chi connectivity index (χ0v) is 12.9. The third kappa shape index (κ3) is 3.32. The predicted octanol–water partition coefficient (Wildman–Crippen LogP) is 4.00. The predicted molar refractivity (Wildman–Crippen MR) is 91.6 cm³/mol. The number of hydrogen-bond acceptors (Lipinski definition) is 5. The number of rotatable bonds is 5. The normalized spacial score (nSPS) is 13.5. The standard InChI is InChI=1S/C18H16FN5/c19-14-3-1-2-4-15(14)22-17-11-16(12-7-9-20-10-8-12)23-18(24-17)21-13-5-6-13/h1-4,7-11,13H,5-6H2,(H2,21,22,23,24). The van der Waals surface area contributed by atoms with E-state index in [1.165, 1.54) is 6.07 Å². The third-order valence-corrected chi connectivity index (χ3v) is 3.75. The quantitative estimate of drug-likeness (QED) is 0.744. The van der Waals surface area contributed by atoms with Crippen LogP contribution in [0.2, 0.25) is 0 Å². The van der Waals surface area contributed by atoms with E-state index < -0.39 is 0 Å². The maximum Gasteiger partial charge on any atom is 0.225 e. The molecule has 1 aliphatic rings. The number of anilines is 3. The molecule has 2 heterocycles. The smallest absolute Gasteiger partial charge is 0.225 e. The number of para-hydroxylation sites is 1. The van der Waals surface area contributed by atoms with Gasteiger partial charge in [0.15, 0.2) is 0 Å². The number of pyridine rings is 1. The monoisotopic (exact) mass is 321 g/mol. The third-order valence-electron chi connectivity index (χ3n) is 3.75. The van der Waals surface area contributed by atoms with E-state index >= 15 is 0 Å². The molecule has 3 aromatic rings. The summed E-state index contributed by atoms with van der Waals surface area (Å²) in [5, 5.41) is 6.33. The molecule has 6 heteroatoms. The van der Waals surface area contributed by atoms with Crippen molar-refractivity contribution in [1.29, 1.82) is 0 Å². The van der Waals surface area contributed by atoms with Crippen molar-refractivity contribution in [3.05, 3.63) is 60.7 Å². The molecule has 120 valence electrons. The molecule has 0 bridgehead atoms. The molecular formula is C18H16FN5. The minimum atomic E-state index is -0.321. The molecular weight excluding hydrogens is 305 g/mol. The van der Waals surface area contributed by atoms with E-state index in [0.29, 0.717) is 23.5 Å². The zero-order valence-electron chi connectivity index (χ0n) is 12.9. The maximum absolute atomic E-state index is 13.9. The van der Waals surface area contributed by atoms with Gasteiger partial charge in [-0.3, -0.25) is 4.98 Å². The number of aromatic nitrogens is 3. The van der Waals surface area contributed by atoms with Crippen molar-refractivity contribution >= 4 is 17.5 Å². The minimum Gasteiger partial charge on any atom is -0.351 e. The number of nitrogens with one attached hydrogen (secondary N) is 2. The van der Waals surface area contributed by atoms with Crippen LogP contribution in [0.5, 0.6) is 0 Å². The van der Waals surface area contributed by atoms with Gasteiger partial charge in [-0.15, -0.1) is 0 Å². The van der Waals surface area contributed by atoms with Crippen molar-refractivity contribution < 1.29 is 4.39 Å². The highest BCUT2D eigenvalue weighted by Crippen LogP contribution is 2.27. The summed E-state index contributed by atoms with van der Waals surface area (Å²) in [7, 11) is 0. The maximum atomic E-state index is 13.9. The highest BCUT2D eigenvalue weighted by Gasteiger charge is 2.22. The Hall–Kier alpha value is -3.02. The highest BCUT2D eigenvalue weighted by molar-refractivity contribution is 5.67. The first kappa shape index (κ1) is 14.6. The molecule has 2 aromatic heterocycles. The molecule has 0 amide bonds. The van der Waals surface area contributed by atoms with Gasteiger partial charge in [0.25, 0.3) is 0 Å². The van der Waals surface area contributed by atoms with Crippen molar-refractivity contribution in [2.24, 2.45) is 0 Å².